The number of ether oxygens (including phenoxy) is 3. The van der Waals surface area contributed by atoms with E-state index >= 15 is 0 Å². The summed E-state index contributed by atoms with van der Waals surface area (Å²) in [5, 5.41) is 3.43. The summed E-state index contributed by atoms with van der Waals surface area (Å²) in [6.45, 7) is -0.504. The molecule has 2 aromatic carbocycles. The lowest BCUT2D eigenvalue weighted by molar-refractivity contribution is -0.147. The van der Waals surface area contributed by atoms with Gasteiger partial charge in [0.2, 0.25) is 0 Å². The van der Waals surface area contributed by atoms with Gasteiger partial charge in [-0.1, -0.05) is 12.1 Å². The molecule has 0 atom stereocenters. The van der Waals surface area contributed by atoms with Gasteiger partial charge in [-0.05, 0) is 43.2 Å². The van der Waals surface area contributed by atoms with Crippen molar-refractivity contribution in [2.24, 2.45) is 0 Å². The average Bonchev–Trinajstić information content (AvgIpc) is 3.24. The number of benzene rings is 2. The third kappa shape index (κ3) is 6.59. The van der Waals surface area contributed by atoms with E-state index in [4.69, 9.17) is 4.74 Å². The van der Waals surface area contributed by atoms with Crippen molar-refractivity contribution < 1.29 is 33.4 Å². The number of carbonyl (C=O) groups excluding carboxylic acids is 4. The molecule has 0 saturated heterocycles. The molecule has 0 spiro atoms. The van der Waals surface area contributed by atoms with Crippen LogP contribution in [0.25, 0.3) is 10.2 Å². The Bertz CT molecular complexity index is 1120. The van der Waals surface area contributed by atoms with E-state index in [1.54, 1.807) is 11.3 Å². The van der Waals surface area contributed by atoms with Crippen LogP contribution in [0.2, 0.25) is 0 Å². The Hall–Kier alpha value is -3.79. The van der Waals surface area contributed by atoms with Crippen molar-refractivity contribution in [1.82, 2.24) is 4.98 Å². The van der Waals surface area contributed by atoms with Crippen LogP contribution in [0.3, 0.4) is 0 Å². The Morgan fingerprint density at radius 2 is 1.64 bits per heavy atom. The number of nitrogens with zero attached hydrogens (tertiary/aromatic N) is 1. The van der Waals surface area contributed by atoms with Gasteiger partial charge in [-0.2, -0.15) is 0 Å². The summed E-state index contributed by atoms with van der Waals surface area (Å²) in [6.07, 6.45) is 1.33. The number of hydrogen-bond donors (Lipinski definition) is 1. The topological polar surface area (TPSA) is 121 Å². The first-order valence-corrected chi connectivity index (χ1v) is 10.8. The average molecular weight is 471 g/mol. The van der Waals surface area contributed by atoms with E-state index < -0.39 is 30.4 Å². The molecule has 0 fully saturated rings. The number of aromatic nitrogens is 1. The highest BCUT2D eigenvalue weighted by Crippen LogP contribution is 2.23. The molecule has 1 amide bonds. The molecule has 0 radical (unpaired) electrons. The molecule has 0 saturated carbocycles. The van der Waals surface area contributed by atoms with Crippen LogP contribution in [0.1, 0.15) is 38.6 Å². The number of methoxy groups -OCH3 is 2. The van der Waals surface area contributed by atoms with Crippen molar-refractivity contribution >= 4 is 51.1 Å². The quantitative estimate of drug-likeness (QED) is 0.373. The first-order chi connectivity index (χ1) is 15.9. The third-order valence-corrected chi connectivity index (χ3v) is 5.63. The van der Waals surface area contributed by atoms with Crippen molar-refractivity contribution in [3.63, 3.8) is 0 Å². The van der Waals surface area contributed by atoms with Gasteiger partial charge in [0.05, 0.1) is 40.6 Å². The van der Waals surface area contributed by atoms with Gasteiger partial charge in [-0.3, -0.25) is 9.59 Å². The normalized spacial score (nSPS) is 10.5. The Labute approximate surface area is 193 Å². The number of esters is 3. The number of nitrogens with one attached hydrogen (secondary N) is 1. The second-order valence-electron chi connectivity index (χ2n) is 6.92. The van der Waals surface area contributed by atoms with Crippen LogP contribution in [0.4, 0.5) is 5.69 Å². The Kier molecular flexibility index (Phi) is 8.09. The molecule has 1 aromatic heterocycles. The van der Waals surface area contributed by atoms with Crippen molar-refractivity contribution in [3.8, 4) is 0 Å². The van der Waals surface area contributed by atoms with Crippen molar-refractivity contribution in [3.05, 3.63) is 58.6 Å². The monoisotopic (exact) mass is 470 g/mol. The second-order valence-corrected chi connectivity index (χ2v) is 8.04. The molecular weight excluding hydrogens is 448 g/mol. The molecule has 1 heterocycles. The van der Waals surface area contributed by atoms with Gasteiger partial charge in [-0.25, -0.2) is 14.6 Å². The minimum absolute atomic E-state index is 0.0579. The predicted octanol–water partition coefficient (Wildman–Crippen LogP) is 3.37. The second kappa shape index (κ2) is 11.2. The molecule has 3 aromatic rings. The number of rotatable bonds is 9. The van der Waals surface area contributed by atoms with Gasteiger partial charge in [-0.15, -0.1) is 11.3 Å². The highest BCUT2D eigenvalue weighted by atomic mass is 32.1. The van der Waals surface area contributed by atoms with E-state index in [-0.39, 0.29) is 23.2 Å². The summed E-state index contributed by atoms with van der Waals surface area (Å²) in [6, 6.07) is 11.8. The van der Waals surface area contributed by atoms with Gasteiger partial charge >= 0.3 is 17.9 Å². The maximum atomic E-state index is 12.2. The SMILES string of the molecule is COC(=O)c1cc(NC(=O)COC(=O)CCCc2nc3ccccc3s2)cc(C(=O)OC)c1. The first kappa shape index (κ1) is 23.9. The summed E-state index contributed by atoms with van der Waals surface area (Å²) in [5.41, 5.74) is 1.21. The van der Waals surface area contributed by atoms with Crippen molar-refractivity contribution in [2.75, 3.05) is 26.1 Å². The number of hydrogen-bond acceptors (Lipinski definition) is 9. The lowest BCUT2D eigenvalue weighted by Crippen LogP contribution is -2.21. The molecule has 3 rings (SSSR count). The van der Waals surface area contributed by atoms with E-state index in [0.717, 1.165) is 15.2 Å². The van der Waals surface area contributed by atoms with E-state index in [0.29, 0.717) is 12.8 Å². The van der Waals surface area contributed by atoms with Crippen LogP contribution in [-0.4, -0.2) is 49.6 Å². The highest BCUT2D eigenvalue weighted by Gasteiger charge is 2.16. The molecule has 0 bridgehead atoms. The summed E-state index contributed by atoms with van der Waals surface area (Å²) < 4.78 is 15.4. The number of fused-ring (bicyclic) bond motifs is 1. The van der Waals surface area contributed by atoms with Crippen LogP contribution in [-0.2, 0) is 30.2 Å². The smallest absolute Gasteiger partial charge is 0.337 e. The van der Waals surface area contributed by atoms with Crippen LogP contribution in [0, 0.1) is 0 Å². The summed E-state index contributed by atoms with van der Waals surface area (Å²) in [5.74, 6) is -2.50. The number of aryl methyl sites for hydroxylation is 1. The lowest BCUT2D eigenvalue weighted by Gasteiger charge is -2.10. The zero-order valence-electron chi connectivity index (χ0n) is 18.1. The molecule has 10 heteroatoms. The predicted molar refractivity (Wildman–Crippen MR) is 121 cm³/mol. The molecule has 0 unspecified atom stereocenters. The fourth-order valence-corrected chi connectivity index (χ4v) is 4.01. The summed E-state index contributed by atoms with van der Waals surface area (Å²) >= 11 is 1.58. The highest BCUT2D eigenvalue weighted by molar-refractivity contribution is 7.18. The van der Waals surface area contributed by atoms with Gasteiger partial charge in [0, 0.05) is 12.1 Å². The van der Waals surface area contributed by atoms with E-state index in [1.165, 1.54) is 32.4 Å². The minimum atomic E-state index is -0.684. The third-order valence-electron chi connectivity index (χ3n) is 4.53. The standard InChI is InChI=1S/C23H22N2O7S/c1-30-22(28)14-10-15(23(29)31-2)12-16(11-14)24-19(26)13-32-21(27)9-5-8-20-25-17-6-3-4-7-18(17)33-20/h3-4,6-7,10-12H,5,8-9,13H2,1-2H3,(H,24,26). The number of amides is 1. The van der Waals surface area contributed by atoms with Crippen molar-refractivity contribution in [2.45, 2.75) is 19.3 Å². The van der Waals surface area contributed by atoms with Crippen LogP contribution >= 0.6 is 11.3 Å². The number of carbonyl (C=O) groups is 4. The molecule has 33 heavy (non-hydrogen) atoms. The Morgan fingerprint density at radius 1 is 0.970 bits per heavy atom. The van der Waals surface area contributed by atoms with Crippen molar-refractivity contribution in [1.29, 1.82) is 0 Å². The van der Waals surface area contributed by atoms with Crippen LogP contribution < -0.4 is 5.32 Å². The maximum Gasteiger partial charge on any atom is 0.337 e. The summed E-state index contributed by atoms with van der Waals surface area (Å²) in [7, 11) is 2.39. The Morgan fingerprint density at radius 3 is 2.27 bits per heavy atom. The molecule has 0 aliphatic carbocycles. The van der Waals surface area contributed by atoms with Gasteiger partial charge in [0.15, 0.2) is 6.61 Å². The Balaban J connectivity index is 1.49. The van der Waals surface area contributed by atoms with Gasteiger partial charge in [0.1, 0.15) is 0 Å². The fraction of sp³-hybridized carbons (Fsp3) is 0.261. The molecule has 1 N–H and O–H groups in total. The lowest BCUT2D eigenvalue weighted by atomic mass is 10.1. The van der Waals surface area contributed by atoms with Gasteiger partial charge in [0.25, 0.3) is 5.91 Å². The maximum absolute atomic E-state index is 12.2. The minimum Gasteiger partial charge on any atom is -0.465 e. The van der Waals surface area contributed by atoms with E-state index in [9.17, 15) is 19.2 Å². The molecule has 172 valence electrons. The zero-order valence-corrected chi connectivity index (χ0v) is 18.9. The fourth-order valence-electron chi connectivity index (χ4n) is 3.00. The van der Waals surface area contributed by atoms with Crippen LogP contribution in [0.5, 0.6) is 0 Å². The number of anilines is 1. The molecule has 0 aliphatic heterocycles. The van der Waals surface area contributed by atoms with E-state index in [2.05, 4.69) is 19.8 Å². The zero-order chi connectivity index (χ0) is 23.8. The molecule has 0 aliphatic rings. The van der Waals surface area contributed by atoms with Crippen LogP contribution in [0.15, 0.2) is 42.5 Å². The first-order valence-electron chi connectivity index (χ1n) is 10.0. The largest absolute Gasteiger partial charge is 0.465 e. The summed E-state index contributed by atoms with van der Waals surface area (Å²) in [4.78, 5) is 52.3. The molecule has 9 nitrogen and oxygen atoms in total. The van der Waals surface area contributed by atoms with Gasteiger partial charge < -0.3 is 19.5 Å². The number of thiazole rings is 1. The number of para-hydroxylation sites is 1. The molecular formula is C23H22N2O7S. The van der Waals surface area contributed by atoms with E-state index in [1.807, 2.05) is 24.3 Å².